The Bertz CT molecular complexity index is 1270. The van der Waals surface area contributed by atoms with Gasteiger partial charge in [0.25, 0.3) is 0 Å². The van der Waals surface area contributed by atoms with Gasteiger partial charge in [-0.2, -0.15) is 0 Å². The van der Waals surface area contributed by atoms with Crippen LogP contribution < -0.4 is 10.2 Å². The lowest BCUT2D eigenvalue weighted by Gasteiger charge is -2.12. The van der Waals surface area contributed by atoms with E-state index in [0.717, 1.165) is 23.1 Å². The first-order valence-electron chi connectivity index (χ1n) is 10.1. The molecule has 0 bridgehead atoms. The lowest BCUT2D eigenvalue weighted by Crippen LogP contribution is -2.11. The van der Waals surface area contributed by atoms with Crippen molar-refractivity contribution in [1.82, 2.24) is 0 Å². The van der Waals surface area contributed by atoms with Gasteiger partial charge >= 0.3 is 5.97 Å². The van der Waals surface area contributed by atoms with Gasteiger partial charge in [-0.25, -0.2) is 4.79 Å². The zero-order valence-electron chi connectivity index (χ0n) is 17.4. The van der Waals surface area contributed by atoms with Crippen LogP contribution in [0.1, 0.15) is 28.4 Å². The molecule has 0 unspecified atom stereocenters. The molecule has 0 aliphatic heterocycles. The average molecular weight is 414 g/mol. The SMILES string of the molecule is CCc1ccc2oc(-c3ccccc3)c(OCc3ccc(C(=O)OC)cc3)c(=O)c2c1. The van der Waals surface area contributed by atoms with Crippen LogP contribution in [0.5, 0.6) is 5.75 Å². The molecule has 0 aliphatic rings. The first-order valence-corrected chi connectivity index (χ1v) is 10.1. The number of fused-ring (bicyclic) bond motifs is 1. The lowest BCUT2D eigenvalue weighted by molar-refractivity contribution is 0.0600. The second-order valence-electron chi connectivity index (χ2n) is 7.12. The second-order valence-corrected chi connectivity index (χ2v) is 7.12. The van der Waals surface area contributed by atoms with Crippen LogP contribution in [0.3, 0.4) is 0 Å². The molecule has 0 spiro atoms. The summed E-state index contributed by atoms with van der Waals surface area (Å²) >= 11 is 0. The number of hydrogen-bond donors (Lipinski definition) is 0. The number of carbonyl (C=O) groups excluding carboxylic acids is 1. The van der Waals surface area contributed by atoms with Crippen LogP contribution in [0.25, 0.3) is 22.3 Å². The van der Waals surface area contributed by atoms with E-state index in [4.69, 9.17) is 13.9 Å². The predicted octanol–water partition coefficient (Wildman–Crippen LogP) is 5.39. The zero-order chi connectivity index (χ0) is 21.8. The third-order valence-electron chi connectivity index (χ3n) is 5.12. The summed E-state index contributed by atoms with van der Waals surface area (Å²) in [5, 5.41) is 0.495. The zero-order valence-corrected chi connectivity index (χ0v) is 17.4. The number of esters is 1. The minimum Gasteiger partial charge on any atom is -0.481 e. The summed E-state index contributed by atoms with van der Waals surface area (Å²) in [4.78, 5) is 25.0. The fourth-order valence-corrected chi connectivity index (χ4v) is 3.37. The van der Waals surface area contributed by atoms with E-state index >= 15 is 0 Å². The van der Waals surface area contributed by atoms with Crippen molar-refractivity contribution in [2.45, 2.75) is 20.0 Å². The van der Waals surface area contributed by atoms with Crippen molar-refractivity contribution < 1.29 is 18.7 Å². The molecule has 0 N–H and O–H groups in total. The number of hydrogen-bond acceptors (Lipinski definition) is 5. The molecule has 4 aromatic rings. The third-order valence-corrected chi connectivity index (χ3v) is 5.12. The number of methoxy groups -OCH3 is 1. The summed E-state index contributed by atoms with van der Waals surface area (Å²) in [6.45, 7) is 2.20. The van der Waals surface area contributed by atoms with Gasteiger partial charge in [0.2, 0.25) is 11.2 Å². The quantitative estimate of drug-likeness (QED) is 0.396. The van der Waals surface area contributed by atoms with Gasteiger partial charge in [-0.3, -0.25) is 4.79 Å². The van der Waals surface area contributed by atoms with E-state index in [1.54, 1.807) is 24.3 Å². The Hall–Kier alpha value is -3.86. The molecule has 1 heterocycles. The first-order chi connectivity index (χ1) is 15.1. The monoisotopic (exact) mass is 414 g/mol. The van der Waals surface area contributed by atoms with Gasteiger partial charge in [-0.15, -0.1) is 0 Å². The molecule has 0 amide bonds. The van der Waals surface area contributed by atoms with Gasteiger partial charge in [-0.1, -0.05) is 55.5 Å². The lowest BCUT2D eigenvalue weighted by atomic mass is 10.1. The van der Waals surface area contributed by atoms with Crippen LogP contribution in [-0.4, -0.2) is 13.1 Å². The molecule has 156 valence electrons. The largest absolute Gasteiger partial charge is 0.481 e. The van der Waals surface area contributed by atoms with Crippen molar-refractivity contribution in [3.8, 4) is 17.1 Å². The van der Waals surface area contributed by atoms with E-state index in [1.807, 2.05) is 55.5 Å². The fourth-order valence-electron chi connectivity index (χ4n) is 3.37. The Morgan fingerprint density at radius 1 is 0.935 bits per heavy atom. The summed E-state index contributed by atoms with van der Waals surface area (Å²) in [6, 6.07) is 21.9. The molecule has 0 aliphatic carbocycles. The van der Waals surface area contributed by atoms with Gasteiger partial charge in [0.15, 0.2) is 5.76 Å². The van der Waals surface area contributed by atoms with E-state index in [1.165, 1.54) is 7.11 Å². The standard InChI is InChI=1S/C26H22O5/c1-3-17-11-14-22-21(15-17)23(27)25(24(31-22)19-7-5-4-6-8-19)30-16-18-9-12-20(13-10-18)26(28)29-2/h4-15H,3,16H2,1-2H3. The fraction of sp³-hybridized carbons (Fsp3) is 0.154. The maximum Gasteiger partial charge on any atom is 0.337 e. The summed E-state index contributed by atoms with van der Waals surface area (Å²) in [5.41, 5.74) is 3.40. The third kappa shape index (κ3) is 4.21. The molecule has 0 saturated heterocycles. The van der Waals surface area contributed by atoms with E-state index < -0.39 is 5.97 Å². The summed E-state index contributed by atoms with van der Waals surface area (Å²) in [6.07, 6.45) is 0.818. The molecule has 0 saturated carbocycles. The summed E-state index contributed by atoms with van der Waals surface area (Å²) in [5.74, 6) is 0.165. The van der Waals surface area contributed by atoms with E-state index in [-0.39, 0.29) is 17.8 Å². The van der Waals surface area contributed by atoms with Crippen LogP contribution in [0.2, 0.25) is 0 Å². The van der Waals surface area contributed by atoms with Crippen molar-refractivity contribution in [3.05, 3.63) is 99.7 Å². The minimum absolute atomic E-state index is 0.158. The van der Waals surface area contributed by atoms with Crippen molar-refractivity contribution in [1.29, 1.82) is 0 Å². The first kappa shape index (κ1) is 20.4. The van der Waals surface area contributed by atoms with Crippen molar-refractivity contribution in [2.24, 2.45) is 0 Å². The predicted molar refractivity (Wildman–Crippen MR) is 119 cm³/mol. The van der Waals surface area contributed by atoms with E-state index in [0.29, 0.717) is 22.3 Å². The van der Waals surface area contributed by atoms with Crippen LogP contribution >= 0.6 is 0 Å². The molecule has 5 heteroatoms. The second kappa shape index (κ2) is 8.88. The summed E-state index contributed by atoms with van der Waals surface area (Å²) in [7, 11) is 1.34. The smallest absolute Gasteiger partial charge is 0.337 e. The maximum absolute atomic E-state index is 13.3. The van der Waals surface area contributed by atoms with Gasteiger partial charge in [0.05, 0.1) is 18.1 Å². The highest BCUT2D eigenvalue weighted by atomic mass is 16.5. The van der Waals surface area contributed by atoms with Crippen LogP contribution in [0.4, 0.5) is 0 Å². The van der Waals surface area contributed by atoms with Gasteiger partial charge in [-0.05, 0) is 41.8 Å². The highest BCUT2D eigenvalue weighted by molar-refractivity contribution is 5.89. The normalized spacial score (nSPS) is 10.8. The van der Waals surface area contributed by atoms with Crippen LogP contribution in [-0.2, 0) is 17.8 Å². The molecule has 31 heavy (non-hydrogen) atoms. The molecule has 1 aromatic heterocycles. The molecule has 0 radical (unpaired) electrons. The average Bonchev–Trinajstić information content (AvgIpc) is 2.83. The van der Waals surface area contributed by atoms with Crippen LogP contribution in [0.15, 0.2) is 82.0 Å². The Morgan fingerprint density at radius 3 is 2.32 bits per heavy atom. The molecule has 0 atom stereocenters. The highest BCUT2D eigenvalue weighted by Crippen LogP contribution is 2.31. The van der Waals surface area contributed by atoms with Gasteiger partial charge in [0, 0.05) is 5.56 Å². The molecule has 5 nitrogen and oxygen atoms in total. The van der Waals surface area contributed by atoms with Crippen molar-refractivity contribution in [2.75, 3.05) is 7.11 Å². The molecule has 3 aromatic carbocycles. The highest BCUT2D eigenvalue weighted by Gasteiger charge is 2.18. The molecular formula is C26H22O5. The number of ether oxygens (including phenoxy) is 2. The number of rotatable bonds is 6. The minimum atomic E-state index is -0.402. The topological polar surface area (TPSA) is 65.7 Å². The Labute approximate surface area is 179 Å². The van der Waals surface area contributed by atoms with Gasteiger partial charge in [0.1, 0.15) is 12.2 Å². The number of carbonyl (C=O) groups is 1. The van der Waals surface area contributed by atoms with Gasteiger partial charge < -0.3 is 13.9 Å². The Morgan fingerprint density at radius 2 is 1.65 bits per heavy atom. The molecule has 4 rings (SSSR count). The number of benzene rings is 3. The molecular weight excluding hydrogens is 392 g/mol. The van der Waals surface area contributed by atoms with Crippen molar-refractivity contribution in [3.63, 3.8) is 0 Å². The van der Waals surface area contributed by atoms with Crippen molar-refractivity contribution >= 4 is 16.9 Å². The van der Waals surface area contributed by atoms with E-state index in [2.05, 4.69) is 0 Å². The van der Waals surface area contributed by atoms with Crippen LogP contribution in [0, 0.1) is 0 Å². The molecule has 0 fully saturated rings. The van der Waals surface area contributed by atoms with E-state index in [9.17, 15) is 9.59 Å². The Kier molecular flexibility index (Phi) is 5.85. The number of aryl methyl sites for hydroxylation is 1. The maximum atomic E-state index is 13.3. The summed E-state index contributed by atoms with van der Waals surface area (Å²) < 4.78 is 16.8. The Balaban J connectivity index is 1.75.